The number of anilines is 2. The Bertz CT molecular complexity index is 1670. The van der Waals surface area contributed by atoms with Crippen LogP contribution in [0.5, 0.6) is 0 Å². The van der Waals surface area contributed by atoms with Gasteiger partial charge in [-0.15, -0.1) is 0 Å². The lowest BCUT2D eigenvalue weighted by molar-refractivity contribution is -0.108. The average Bonchev–Trinajstić information content (AvgIpc) is 3.09. The van der Waals surface area contributed by atoms with Gasteiger partial charge < -0.3 is 25.6 Å². The monoisotopic (exact) mass is 619 g/mol. The Labute approximate surface area is 270 Å². The molecule has 0 unspecified atom stereocenters. The number of nitrogens with zero attached hydrogens (tertiary/aromatic N) is 3. The van der Waals surface area contributed by atoms with E-state index in [4.69, 9.17) is 5.73 Å². The molecule has 1 heterocycles. The molecule has 5 rings (SSSR count). The van der Waals surface area contributed by atoms with Crippen LogP contribution in [0.4, 0.5) is 11.4 Å². The van der Waals surface area contributed by atoms with E-state index >= 15 is 0 Å². The Kier molecular flexibility index (Phi) is 11.8. The number of aryl methyl sites for hydroxylation is 2. The number of aldehydes is 1. The highest BCUT2D eigenvalue weighted by Gasteiger charge is 2.17. The first-order chi connectivity index (χ1) is 22.2. The topological polar surface area (TPSA) is 126 Å². The van der Waals surface area contributed by atoms with Gasteiger partial charge in [0.1, 0.15) is 6.29 Å². The van der Waals surface area contributed by atoms with Crippen molar-refractivity contribution >= 4 is 35.4 Å². The average molecular weight is 620 g/mol. The fourth-order valence-corrected chi connectivity index (χ4v) is 5.45. The summed E-state index contributed by atoms with van der Waals surface area (Å²) in [4.78, 5) is 56.0. The number of fused-ring (bicyclic) bond motifs is 1. The Morgan fingerprint density at radius 2 is 1.52 bits per heavy atom. The van der Waals surface area contributed by atoms with Gasteiger partial charge in [0.25, 0.3) is 11.8 Å². The van der Waals surface area contributed by atoms with Gasteiger partial charge in [-0.1, -0.05) is 30.3 Å². The molecule has 3 amide bonds. The lowest BCUT2D eigenvalue weighted by Gasteiger charge is -2.23. The molecule has 1 aromatic heterocycles. The lowest BCUT2D eigenvalue weighted by Crippen LogP contribution is -2.28. The predicted octanol–water partition coefficient (Wildman–Crippen LogP) is 5.78. The summed E-state index contributed by atoms with van der Waals surface area (Å²) in [7, 11) is 1.51. The molecule has 1 aliphatic rings. The Morgan fingerprint density at radius 1 is 0.848 bits per heavy atom. The minimum atomic E-state index is -0.579. The van der Waals surface area contributed by atoms with Crippen LogP contribution in [0.1, 0.15) is 68.9 Å². The quantitative estimate of drug-likeness (QED) is 0.217. The van der Waals surface area contributed by atoms with Crippen molar-refractivity contribution in [3.05, 3.63) is 113 Å². The number of likely N-dealkylation sites (N-methyl/N-ethyl adjacent to an activating group) is 1. The number of amides is 3. The van der Waals surface area contributed by atoms with Crippen molar-refractivity contribution in [3.8, 4) is 11.3 Å². The van der Waals surface area contributed by atoms with Crippen LogP contribution in [0, 0.1) is 0 Å². The molecule has 0 radical (unpaired) electrons. The maximum Gasteiger partial charge on any atom is 0.255 e. The molecule has 0 atom stereocenters. The van der Waals surface area contributed by atoms with E-state index in [-0.39, 0.29) is 18.0 Å². The van der Waals surface area contributed by atoms with Crippen LogP contribution in [0.15, 0.2) is 85.1 Å². The van der Waals surface area contributed by atoms with Gasteiger partial charge in [0.15, 0.2) is 0 Å². The van der Waals surface area contributed by atoms with E-state index < -0.39 is 11.8 Å². The first-order valence-corrected chi connectivity index (χ1v) is 15.6. The van der Waals surface area contributed by atoms with Gasteiger partial charge in [-0.3, -0.25) is 19.4 Å². The molecule has 0 fully saturated rings. The molecule has 0 saturated carbocycles. The minimum absolute atomic E-state index is 0.0468. The number of rotatable bonds is 10. The maximum absolute atomic E-state index is 13.2. The number of hydrogen-bond donors (Lipinski definition) is 2. The van der Waals surface area contributed by atoms with Crippen LogP contribution in [0.2, 0.25) is 0 Å². The van der Waals surface area contributed by atoms with Crippen molar-refractivity contribution in [2.24, 2.45) is 5.73 Å². The fraction of sp³-hybridized carbons (Fsp3) is 0.270. The van der Waals surface area contributed by atoms with Crippen molar-refractivity contribution < 1.29 is 19.2 Å². The molecular formula is C37H41N5O4. The Hall–Kier alpha value is -5.31. The van der Waals surface area contributed by atoms with Crippen molar-refractivity contribution in [2.75, 3.05) is 36.9 Å². The number of carbonyl (C=O) groups excluding carboxylic acids is 4. The summed E-state index contributed by atoms with van der Waals surface area (Å²) in [6.45, 7) is 5.62. The number of nitrogens with two attached hydrogens (primary N) is 1. The summed E-state index contributed by atoms with van der Waals surface area (Å²) in [5.74, 6) is -1.37. The highest BCUT2D eigenvalue weighted by atomic mass is 16.2. The molecule has 0 bridgehead atoms. The highest BCUT2D eigenvalue weighted by molar-refractivity contribution is 6.08. The summed E-state index contributed by atoms with van der Waals surface area (Å²) in [6, 6.07) is 23.8. The number of hydrogen-bond acceptors (Lipinski definition) is 6. The second kappa shape index (κ2) is 16.1. The number of benzene rings is 3. The number of nitrogens with one attached hydrogen (secondary N) is 1. The molecule has 0 saturated heterocycles. The third-order valence-electron chi connectivity index (χ3n) is 8.03. The fourth-order valence-electron chi connectivity index (χ4n) is 5.45. The molecule has 9 nitrogen and oxygen atoms in total. The van der Waals surface area contributed by atoms with Crippen LogP contribution in [0.25, 0.3) is 11.3 Å². The molecule has 0 aliphatic heterocycles. The molecule has 3 aromatic carbocycles. The van der Waals surface area contributed by atoms with Gasteiger partial charge in [-0.05, 0) is 99.2 Å². The Morgan fingerprint density at radius 3 is 2.15 bits per heavy atom. The van der Waals surface area contributed by atoms with Gasteiger partial charge in [0.05, 0.1) is 17.9 Å². The molecular weight excluding hydrogens is 578 g/mol. The molecule has 238 valence electrons. The zero-order chi connectivity index (χ0) is 33.1. The molecule has 9 heteroatoms. The number of aromatic nitrogens is 1. The summed E-state index contributed by atoms with van der Waals surface area (Å²) in [5, 5.41) is 2.90. The minimum Gasteiger partial charge on any atom is -0.372 e. The second-order valence-corrected chi connectivity index (χ2v) is 11.1. The van der Waals surface area contributed by atoms with Gasteiger partial charge in [-0.2, -0.15) is 0 Å². The van der Waals surface area contributed by atoms with Crippen LogP contribution >= 0.6 is 0 Å². The number of carbonyl (C=O) groups is 4. The van der Waals surface area contributed by atoms with E-state index in [1.54, 1.807) is 41.5 Å². The maximum atomic E-state index is 13.2. The van der Waals surface area contributed by atoms with Crippen molar-refractivity contribution in [3.63, 3.8) is 0 Å². The smallest absolute Gasteiger partial charge is 0.255 e. The van der Waals surface area contributed by atoms with Crippen LogP contribution in [0.3, 0.4) is 0 Å². The highest BCUT2D eigenvalue weighted by Crippen LogP contribution is 2.32. The molecule has 3 N–H and O–H groups in total. The van der Waals surface area contributed by atoms with Crippen molar-refractivity contribution in [1.29, 1.82) is 0 Å². The zero-order valence-corrected chi connectivity index (χ0v) is 26.7. The molecule has 1 aliphatic carbocycles. The molecule has 4 aromatic rings. The number of primary amides is 1. The van der Waals surface area contributed by atoms with Crippen LogP contribution in [-0.4, -0.2) is 60.6 Å². The van der Waals surface area contributed by atoms with Crippen molar-refractivity contribution in [2.45, 2.75) is 39.5 Å². The SMILES string of the molecule is CCN(CC)c1ccc(NC(=O)c2cccc(C(=O)N(C)CC=O)c2)c(-c2cc(C(N)=O)ccn2)c1.c1ccc2c(c1)CCCC2. The van der Waals surface area contributed by atoms with Gasteiger partial charge in [-0.25, -0.2) is 0 Å². The van der Waals surface area contributed by atoms with Gasteiger partial charge >= 0.3 is 0 Å². The number of pyridine rings is 1. The van der Waals surface area contributed by atoms with Crippen LogP contribution in [-0.2, 0) is 17.6 Å². The molecule has 46 heavy (non-hydrogen) atoms. The Balaban J connectivity index is 0.000000402. The van der Waals surface area contributed by atoms with E-state index in [0.29, 0.717) is 34.4 Å². The second-order valence-electron chi connectivity index (χ2n) is 11.1. The lowest BCUT2D eigenvalue weighted by atomic mass is 9.92. The summed E-state index contributed by atoms with van der Waals surface area (Å²) < 4.78 is 0. The summed E-state index contributed by atoms with van der Waals surface area (Å²) in [5.41, 5.74) is 12.0. The van der Waals surface area contributed by atoms with E-state index in [1.807, 2.05) is 26.0 Å². The zero-order valence-electron chi connectivity index (χ0n) is 26.7. The third-order valence-corrected chi connectivity index (χ3v) is 8.03. The van der Waals surface area contributed by atoms with Gasteiger partial charge in [0.2, 0.25) is 5.91 Å². The predicted molar refractivity (Wildman–Crippen MR) is 182 cm³/mol. The van der Waals surface area contributed by atoms with Crippen molar-refractivity contribution in [1.82, 2.24) is 9.88 Å². The third kappa shape index (κ3) is 8.44. The first-order valence-electron chi connectivity index (χ1n) is 15.6. The van der Waals surface area contributed by atoms with Gasteiger partial charge in [0, 0.05) is 54.3 Å². The summed E-state index contributed by atoms with van der Waals surface area (Å²) >= 11 is 0. The van der Waals surface area contributed by atoms with E-state index in [9.17, 15) is 19.2 Å². The largest absolute Gasteiger partial charge is 0.372 e. The normalized spacial score (nSPS) is 11.7. The van der Waals surface area contributed by atoms with E-state index in [2.05, 4.69) is 39.5 Å². The summed E-state index contributed by atoms with van der Waals surface area (Å²) in [6.07, 6.45) is 7.51. The first kappa shape index (κ1) is 33.6. The van der Waals surface area contributed by atoms with Crippen LogP contribution < -0.4 is 16.0 Å². The molecule has 0 spiro atoms. The van der Waals surface area contributed by atoms with E-state index in [1.165, 1.54) is 56.0 Å². The van der Waals surface area contributed by atoms with E-state index in [0.717, 1.165) is 18.8 Å². The standard InChI is InChI=1S/C27H29N5O4.C10H12/c1-4-32(5-2)21-9-10-23(22(17-21)24-16-18(25(28)34)11-12-29-24)30-26(35)19-7-6-8-20(15-19)27(36)31(3)13-14-33;1-2-6-10-8-4-3-7-9(10)5-1/h6-12,14-17H,4-5,13H2,1-3H3,(H2,28,34)(H,30,35);1-2,5-6H,3-4,7-8H2.